The molecule has 0 unspecified atom stereocenters. The van der Waals surface area contributed by atoms with Crippen LogP contribution >= 0.6 is 0 Å². The van der Waals surface area contributed by atoms with Crippen molar-refractivity contribution in [1.29, 1.82) is 0 Å². The molecular formula is C16H22Zr. The number of rotatable bonds is 2. The molecule has 0 aromatic carbocycles. The van der Waals surface area contributed by atoms with Gasteiger partial charge in [-0.3, -0.25) is 12.2 Å². The quantitative estimate of drug-likeness (QED) is 0.633. The molecule has 0 fully saturated rings. The summed E-state index contributed by atoms with van der Waals surface area (Å²) in [6.45, 7) is 8.70. The van der Waals surface area contributed by atoms with Gasteiger partial charge in [0.15, 0.2) is 0 Å². The Hall–Kier alpha value is -0.157. The zero-order valence-corrected chi connectivity index (χ0v) is 13.9. The van der Waals surface area contributed by atoms with E-state index in [1.54, 1.807) is 0 Å². The van der Waals surface area contributed by atoms with Crippen LogP contribution in [0, 0.1) is 12.2 Å². The van der Waals surface area contributed by atoms with Crippen LogP contribution in [0.5, 0.6) is 0 Å². The zero-order valence-electron chi connectivity index (χ0n) is 11.5. The first-order valence-electron chi connectivity index (χ1n) is 6.22. The fourth-order valence-corrected chi connectivity index (χ4v) is 1.96. The molecule has 2 aliphatic carbocycles. The summed E-state index contributed by atoms with van der Waals surface area (Å²) in [4.78, 5) is 0. The minimum atomic E-state index is 0. The molecule has 2 aliphatic rings. The summed E-state index contributed by atoms with van der Waals surface area (Å²) in [5.74, 6) is 0. The van der Waals surface area contributed by atoms with Gasteiger partial charge in [-0.25, -0.2) is 22.3 Å². The molecule has 0 radical (unpaired) electrons. The second kappa shape index (κ2) is 8.86. The normalized spacial score (nSPS) is 17.2. The third-order valence-corrected chi connectivity index (χ3v) is 3.11. The van der Waals surface area contributed by atoms with Gasteiger partial charge in [0.2, 0.25) is 0 Å². The molecule has 0 atom stereocenters. The fourth-order valence-electron chi connectivity index (χ4n) is 1.96. The molecule has 0 amide bonds. The van der Waals surface area contributed by atoms with Crippen LogP contribution in [0.15, 0.2) is 34.4 Å². The average molecular weight is 306 g/mol. The number of allylic oxidation sites excluding steroid dienone is 8. The van der Waals surface area contributed by atoms with Crippen molar-refractivity contribution < 1.29 is 26.2 Å². The van der Waals surface area contributed by atoms with E-state index in [0.717, 1.165) is 25.7 Å². The van der Waals surface area contributed by atoms with E-state index in [1.807, 2.05) is 0 Å². The third-order valence-electron chi connectivity index (χ3n) is 3.11. The molecule has 0 saturated carbocycles. The van der Waals surface area contributed by atoms with Gasteiger partial charge in [-0.2, -0.15) is 12.2 Å². The second-order valence-corrected chi connectivity index (χ2v) is 4.33. The van der Waals surface area contributed by atoms with Gasteiger partial charge in [0.1, 0.15) is 0 Å². The molecule has 0 nitrogen and oxygen atoms in total. The smallest absolute Gasteiger partial charge is 0.253 e. The van der Waals surface area contributed by atoms with Gasteiger partial charge < -0.3 is 0 Å². The number of hydrogen-bond acceptors (Lipinski definition) is 0. The molecule has 17 heavy (non-hydrogen) atoms. The average Bonchev–Trinajstić information content (AvgIpc) is 2.87. The van der Waals surface area contributed by atoms with Gasteiger partial charge in [-0.15, -0.1) is 13.8 Å². The van der Waals surface area contributed by atoms with Crippen LogP contribution < -0.4 is 0 Å². The predicted octanol–water partition coefficient (Wildman–Crippen LogP) is 4.95. The summed E-state index contributed by atoms with van der Waals surface area (Å²) >= 11 is 0. The molecule has 1 heteroatoms. The van der Waals surface area contributed by atoms with Crippen LogP contribution in [-0.2, 0) is 26.2 Å². The van der Waals surface area contributed by atoms with E-state index in [0.29, 0.717) is 0 Å². The van der Waals surface area contributed by atoms with Crippen LogP contribution in [-0.4, -0.2) is 0 Å². The maximum absolute atomic E-state index is 3.21. The first kappa shape index (κ1) is 16.8. The first-order chi connectivity index (χ1) is 7.69. The van der Waals surface area contributed by atoms with Crippen molar-refractivity contribution in [2.75, 3.05) is 0 Å². The predicted molar refractivity (Wildman–Crippen MR) is 70.8 cm³/mol. The van der Waals surface area contributed by atoms with Crippen LogP contribution in [0.2, 0.25) is 0 Å². The Bertz CT molecular complexity index is 318. The Morgan fingerprint density at radius 3 is 1.35 bits per heavy atom. The molecule has 90 valence electrons. The largest absolute Gasteiger partial charge is 2.00 e. The molecule has 0 aromatic rings. The van der Waals surface area contributed by atoms with Gasteiger partial charge >= 0.3 is 26.2 Å². The summed E-state index contributed by atoms with van der Waals surface area (Å²) in [6.07, 6.45) is 15.2. The summed E-state index contributed by atoms with van der Waals surface area (Å²) in [5.41, 5.74) is 5.80. The van der Waals surface area contributed by atoms with Crippen molar-refractivity contribution in [3.63, 3.8) is 0 Å². The molecule has 0 spiro atoms. The maximum atomic E-state index is 3.21. The van der Waals surface area contributed by atoms with Crippen LogP contribution in [0.3, 0.4) is 0 Å². The van der Waals surface area contributed by atoms with E-state index in [1.165, 1.54) is 22.3 Å². The van der Waals surface area contributed by atoms with E-state index in [-0.39, 0.29) is 26.2 Å². The van der Waals surface area contributed by atoms with Crippen LogP contribution in [0.4, 0.5) is 0 Å². The molecule has 0 aromatic heterocycles. The molecule has 0 heterocycles. The summed E-state index contributed by atoms with van der Waals surface area (Å²) in [5, 5.41) is 0. The van der Waals surface area contributed by atoms with Crippen molar-refractivity contribution in [3.05, 3.63) is 46.6 Å². The Morgan fingerprint density at radius 2 is 1.24 bits per heavy atom. The van der Waals surface area contributed by atoms with Crippen molar-refractivity contribution in [3.8, 4) is 0 Å². The van der Waals surface area contributed by atoms with Crippen molar-refractivity contribution in [2.45, 2.75) is 53.4 Å². The Balaban J connectivity index is 0.000000284. The first-order valence-corrected chi connectivity index (χ1v) is 6.22. The third kappa shape index (κ3) is 5.34. The molecule has 0 aliphatic heterocycles. The summed E-state index contributed by atoms with van der Waals surface area (Å²) in [7, 11) is 0. The SMILES string of the molecule is CCC1=C(C)CC=[C-]1.CCC1=C(C)CC=[C-]1.[Zr+2]. The Morgan fingerprint density at radius 1 is 0.882 bits per heavy atom. The van der Waals surface area contributed by atoms with Crippen LogP contribution in [0.1, 0.15) is 53.4 Å². The fraction of sp³-hybridized carbons (Fsp3) is 0.500. The Kier molecular flexibility index (Phi) is 8.78. The minimum absolute atomic E-state index is 0. The van der Waals surface area contributed by atoms with E-state index in [4.69, 9.17) is 0 Å². The monoisotopic (exact) mass is 304 g/mol. The van der Waals surface area contributed by atoms with E-state index in [9.17, 15) is 0 Å². The van der Waals surface area contributed by atoms with Gasteiger partial charge in [0, 0.05) is 0 Å². The molecule has 2 rings (SSSR count). The Labute approximate surface area is 126 Å². The number of hydrogen-bond donors (Lipinski definition) is 0. The minimum Gasteiger partial charge on any atom is -0.253 e. The molecule has 0 saturated heterocycles. The van der Waals surface area contributed by atoms with Gasteiger partial charge in [-0.1, -0.05) is 39.5 Å². The molecule has 0 N–H and O–H groups in total. The summed E-state index contributed by atoms with van der Waals surface area (Å²) in [6, 6.07) is 0. The maximum Gasteiger partial charge on any atom is 2.00 e. The zero-order chi connectivity index (χ0) is 12.0. The molecule has 0 bridgehead atoms. The van der Waals surface area contributed by atoms with E-state index >= 15 is 0 Å². The second-order valence-electron chi connectivity index (χ2n) is 4.33. The standard InChI is InChI=1S/2C8H11.Zr/c2*1-3-8-6-4-5-7(8)2;/h2*4H,3,5H2,1-2H3;/q2*-1;+2. The van der Waals surface area contributed by atoms with Crippen molar-refractivity contribution >= 4 is 0 Å². The molecular weight excluding hydrogens is 283 g/mol. The van der Waals surface area contributed by atoms with Crippen molar-refractivity contribution in [1.82, 2.24) is 0 Å². The topological polar surface area (TPSA) is 0 Å². The van der Waals surface area contributed by atoms with Gasteiger partial charge in [0.05, 0.1) is 0 Å². The van der Waals surface area contributed by atoms with Gasteiger partial charge in [0.25, 0.3) is 0 Å². The van der Waals surface area contributed by atoms with Gasteiger partial charge in [-0.05, 0) is 0 Å². The summed E-state index contributed by atoms with van der Waals surface area (Å²) < 4.78 is 0. The van der Waals surface area contributed by atoms with E-state index in [2.05, 4.69) is 52.0 Å². The van der Waals surface area contributed by atoms with Crippen LogP contribution in [0.25, 0.3) is 0 Å². The van der Waals surface area contributed by atoms with E-state index < -0.39 is 0 Å². The van der Waals surface area contributed by atoms with Crippen molar-refractivity contribution in [2.24, 2.45) is 0 Å².